The Morgan fingerprint density at radius 1 is 1.05 bits per heavy atom. The molecule has 1 atom stereocenters. The molecule has 2 aromatic carbocycles. The molecular weight excluding hydrogens is 259 g/mol. The summed E-state index contributed by atoms with van der Waals surface area (Å²) in [6.07, 6.45) is 3.47. The van der Waals surface area contributed by atoms with Gasteiger partial charge in [0.1, 0.15) is 5.82 Å². The number of halogens is 2. The van der Waals surface area contributed by atoms with E-state index in [9.17, 15) is 4.39 Å². The zero-order valence-corrected chi connectivity index (χ0v) is 11.8. The van der Waals surface area contributed by atoms with Gasteiger partial charge < -0.3 is 0 Å². The van der Waals surface area contributed by atoms with Gasteiger partial charge in [-0.2, -0.15) is 0 Å². The van der Waals surface area contributed by atoms with E-state index in [1.807, 2.05) is 18.2 Å². The fourth-order valence-electron chi connectivity index (χ4n) is 2.09. The SMILES string of the molecule is CCCCc1ccc(C(Cl)c2ccccc2F)cc1. The molecule has 0 saturated carbocycles. The lowest BCUT2D eigenvalue weighted by Gasteiger charge is -2.12. The van der Waals surface area contributed by atoms with E-state index < -0.39 is 5.38 Å². The van der Waals surface area contributed by atoms with Crippen LogP contribution in [0.3, 0.4) is 0 Å². The highest BCUT2D eigenvalue weighted by molar-refractivity contribution is 6.22. The molecule has 0 amide bonds. The fourth-order valence-corrected chi connectivity index (χ4v) is 2.42. The highest BCUT2D eigenvalue weighted by Crippen LogP contribution is 2.30. The van der Waals surface area contributed by atoms with Crippen LogP contribution in [0.4, 0.5) is 4.39 Å². The third-order valence-corrected chi connectivity index (χ3v) is 3.76. The number of hydrogen-bond acceptors (Lipinski definition) is 0. The third-order valence-electron chi connectivity index (χ3n) is 3.27. The van der Waals surface area contributed by atoms with Crippen LogP contribution in [0, 0.1) is 5.82 Å². The van der Waals surface area contributed by atoms with Crippen molar-refractivity contribution >= 4 is 11.6 Å². The Hall–Kier alpha value is -1.34. The van der Waals surface area contributed by atoms with Gasteiger partial charge in [0, 0.05) is 5.56 Å². The van der Waals surface area contributed by atoms with E-state index in [-0.39, 0.29) is 5.82 Å². The summed E-state index contributed by atoms with van der Waals surface area (Å²) >= 11 is 6.35. The minimum Gasteiger partial charge on any atom is -0.207 e. The number of benzene rings is 2. The normalized spacial score (nSPS) is 12.4. The van der Waals surface area contributed by atoms with Crippen molar-refractivity contribution in [3.8, 4) is 0 Å². The van der Waals surface area contributed by atoms with Gasteiger partial charge in [-0.15, -0.1) is 11.6 Å². The Labute approximate surface area is 119 Å². The summed E-state index contributed by atoms with van der Waals surface area (Å²) in [6.45, 7) is 2.18. The largest absolute Gasteiger partial charge is 0.207 e. The first kappa shape index (κ1) is 14.1. The van der Waals surface area contributed by atoms with Gasteiger partial charge in [-0.3, -0.25) is 0 Å². The van der Waals surface area contributed by atoms with Crippen molar-refractivity contribution in [3.05, 3.63) is 71.0 Å². The topological polar surface area (TPSA) is 0 Å². The Kier molecular flexibility index (Phi) is 4.98. The molecule has 0 aliphatic heterocycles. The van der Waals surface area contributed by atoms with Crippen LogP contribution < -0.4 is 0 Å². The molecule has 1 unspecified atom stereocenters. The number of hydrogen-bond donors (Lipinski definition) is 0. The monoisotopic (exact) mass is 276 g/mol. The third kappa shape index (κ3) is 3.57. The van der Waals surface area contributed by atoms with Crippen molar-refractivity contribution in [1.82, 2.24) is 0 Å². The minimum absolute atomic E-state index is 0.252. The molecule has 0 fully saturated rings. The molecule has 0 saturated heterocycles. The Morgan fingerprint density at radius 3 is 2.37 bits per heavy atom. The average molecular weight is 277 g/mol. The molecule has 0 N–H and O–H groups in total. The van der Waals surface area contributed by atoms with Crippen molar-refractivity contribution < 1.29 is 4.39 Å². The molecule has 0 aliphatic carbocycles. The van der Waals surface area contributed by atoms with Gasteiger partial charge in [0.15, 0.2) is 0 Å². The molecule has 100 valence electrons. The number of alkyl halides is 1. The van der Waals surface area contributed by atoms with Crippen molar-refractivity contribution in [3.63, 3.8) is 0 Å². The van der Waals surface area contributed by atoms with Gasteiger partial charge >= 0.3 is 0 Å². The summed E-state index contributed by atoms with van der Waals surface area (Å²) in [5.41, 5.74) is 2.78. The van der Waals surface area contributed by atoms with E-state index in [2.05, 4.69) is 19.1 Å². The Morgan fingerprint density at radius 2 is 1.74 bits per heavy atom. The molecule has 0 aliphatic rings. The zero-order valence-electron chi connectivity index (χ0n) is 11.1. The summed E-state index contributed by atoms with van der Waals surface area (Å²) in [5, 5.41) is -0.429. The predicted octanol–water partition coefficient (Wildman–Crippen LogP) is 5.50. The molecular formula is C17H18ClF. The van der Waals surface area contributed by atoms with E-state index in [4.69, 9.17) is 11.6 Å². The average Bonchev–Trinajstić information content (AvgIpc) is 2.45. The minimum atomic E-state index is -0.429. The summed E-state index contributed by atoms with van der Waals surface area (Å²) in [6, 6.07) is 14.8. The smallest absolute Gasteiger partial charge is 0.128 e. The first-order valence-corrected chi connectivity index (χ1v) is 7.13. The maximum absolute atomic E-state index is 13.7. The van der Waals surface area contributed by atoms with E-state index in [1.165, 1.54) is 24.5 Å². The highest BCUT2D eigenvalue weighted by atomic mass is 35.5. The second-order valence-corrected chi connectivity index (χ2v) is 5.17. The van der Waals surface area contributed by atoms with Gasteiger partial charge in [0.05, 0.1) is 5.38 Å². The van der Waals surface area contributed by atoms with E-state index in [1.54, 1.807) is 12.1 Å². The molecule has 0 radical (unpaired) electrons. The molecule has 0 aromatic heterocycles. The first-order valence-electron chi connectivity index (χ1n) is 6.69. The molecule has 0 heterocycles. The van der Waals surface area contributed by atoms with Crippen LogP contribution in [-0.4, -0.2) is 0 Å². The van der Waals surface area contributed by atoms with Crippen LogP contribution in [0.5, 0.6) is 0 Å². The van der Waals surface area contributed by atoms with Crippen molar-refractivity contribution in [2.45, 2.75) is 31.6 Å². The Balaban J connectivity index is 2.16. The molecule has 0 nitrogen and oxygen atoms in total. The maximum atomic E-state index is 13.7. The zero-order chi connectivity index (χ0) is 13.7. The standard InChI is InChI=1S/C17H18ClF/c1-2-3-6-13-9-11-14(12-10-13)17(18)15-7-4-5-8-16(15)19/h4-5,7-12,17H,2-3,6H2,1H3. The summed E-state index contributed by atoms with van der Waals surface area (Å²) < 4.78 is 13.7. The number of rotatable bonds is 5. The lowest BCUT2D eigenvalue weighted by molar-refractivity contribution is 0.612. The van der Waals surface area contributed by atoms with Crippen LogP contribution in [0.1, 0.15) is 41.8 Å². The van der Waals surface area contributed by atoms with Crippen LogP contribution >= 0.6 is 11.6 Å². The molecule has 19 heavy (non-hydrogen) atoms. The van der Waals surface area contributed by atoms with Gasteiger partial charge in [0.2, 0.25) is 0 Å². The molecule has 0 bridgehead atoms. The molecule has 0 spiro atoms. The highest BCUT2D eigenvalue weighted by Gasteiger charge is 2.14. The summed E-state index contributed by atoms with van der Waals surface area (Å²) in [7, 11) is 0. The Bertz CT molecular complexity index is 519. The lowest BCUT2D eigenvalue weighted by Crippen LogP contribution is -1.97. The second-order valence-electron chi connectivity index (χ2n) is 4.73. The fraction of sp³-hybridized carbons (Fsp3) is 0.294. The van der Waals surface area contributed by atoms with Crippen molar-refractivity contribution in [2.75, 3.05) is 0 Å². The first-order chi connectivity index (χ1) is 9.22. The number of unbranched alkanes of at least 4 members (excludes halogenated alkanes) is 1. The van der Waals surface area contributed by atoms with Gasteiger partial charge in [-0.25, -0.2) is 4.39 Å². The van der Waals surface area contributed by atoms with Crippen LogP contribution in [0.2, 0.25) is 0 Å². The van der Waals surface area contributed by atoms with Gasteiger partial charge in [-0.05, 0) is 30.0 Å². The summed E-state index contributed by atoms with van der Waals surface area (Å²) in [5.74, 6) is -0.252. The predicted molar refractivity (Wildman–Crippen MR) is 79.2 cm³/mol. The van der Waals surface area contributed by atoms with E-state index >= 15 is 0 Å². The van der Waals surface area contributed by atoms with E-state index in [0.717, 1.165) is 12.0 Å². The van der Waals surface area contributed by atoms with Crippen molar-refractivity contribution in [1.29, 1.82) is 0 Å². The quantitative estimate of drug-likeness (QED) is 0.633. The van der Waals surface area contributed by atoms with Gasteiger partial charge in [0.25, 0.3) is 0 Å². The van der Waals surface area contributed by atoms with Crippen LogP contribution in [0.15, 0.2) is 48.5 Å². The van der Waals surface area contributed by atoms with Crippen molar-refractivity contribution in [2.24, 2.45) is 0 Å². The van der Waals surface area contributed by atoms with Gasteiger partial charge in [-0.1, -0.05) is 55.8 Å². The molecule has 2 heteroatoms. The second kappa shape index (κ2) is 6.72. The summed E-state index contributed by atoms with van der Waals surface area (Å²) in [4.78, 5) is 0. The lowest BCUT2D eigenvalue weighted by atomic mass is 10.0. The molecule has 2 aromatic rings. The maximum Gasteiger partial charge on any atom is 0.128 e. The number of aryl methyl sites for hydroxylation is 1. The van der Waals surface area contributed by atoms with Crippen LogP contribution in [0.25, 0.3) is 0 Å². The molecule has 2 rings (SSSR count). The van der Waals surface area contributed by atoms with Crippen LogP contribution in [-0.2, 0) is 6.42 Å². The van der Waals surface area contributed by atoms with E-state index in [0.29, 0.717) is 5.56 Å².